The first-order chi connectivity index (χ1) is 7.89. The maximum atomic E-state index is 12.1. The van der Waals surface area contributed by atoms with Crippen LogP contribution in [-0.2, 0) is 4.79 Å². The number of amides is 2. The molecule has 0 radical (unpaired) electrons. The highest BCUT2D eigenvalue weighted by Gasteiger charge is 2.40. The van der Waals surface area contributed by atoms with Crippen LogP contribution in [0.25, 0.3) is 0 Å². The monoisotopic (exact) mass is 242 g/mol. The van der Waals surface area contributed by atoms with Crippen LogP contribution in [0.4, 0.5) is 4.79 Å². The summed E-state index contributed by atoms with van der Waals surface area (Å²) in [4.78, 5) is 25.8. The van der Waals surface area contributed by atoms with Crippen molar-refractivity contribution in [1.82, 2.24) is 9.80 Å². The third kappa shape index (κ3) is 2.88. The smallest absolute Gasteiger partial charge is 0.323 e. The lowest BCUT2D eigenvalue weighted by Crippen LogP contribution is -2.46. The second-order valence-corrected chi connectivity index (χ2v) is 5.20. The highest BCUT2D eigenvalue weighted by molar-refractivity contribution is 5.81. The fourth-order valence-corrected chi connectivity index (χ4v) is 2.17. The standard InChI is InChI=1S/C11H18N2O4/c1-11(17)4-5-12(7-11)10(16)13(6-9(14)15)8-2-3-8/h8,17H,2-7H2,1H3,(H,14,15). The molecule has 96 valence electrons. The Morgan fingerprint density at radius 2 is 2.12 bits per heavy atom. The Hall–Kier alpha value is -1.30. The van der Waals surface area contributed by atoms with Gasteiger partial charge in [0.25, 0.3) is 0 Å². The molecule has 1 atom stereocenters. The van der Waals surface area contributed by atoms with E-state index in [4.69, 9.17) is 5.11 Å². The Kier molecular flexibility index (Phi) is 2.99. The zero-order chi connectivity index (χ0) is 12.6. The van der Waals surface area contributed by atoms with E-state index < -0.39 is 11.6 Å². The molecule has 2 rings (SSSR count). The largest absolute Gasteiger partial charge is 0.480 e. The highest BCUT2D eigenvalue weighted by atomic mass is 16.4. The van der Waals surface area contributed by atoms with E-state index in [0.717, 1.165) is 12.8 Å². The molecule has 1 heterocycles. The fourth-order valence-electron chi connectivity index (χ4n) is 2.17. The van der Waals surface area contributed by atoms with E-state index in [-0.39, 0.29) is 25.2 Å². The van der Waals surface area contributed by atoms with Crippen molar-refractivity contribution in [1.29, 1.82) is 0 Å². The lowest BCUT2D eigenvalue weighted by Gasteiger charge is -2.27. The molecular weight excluding hydrogens is 224 g/mol. The third-order valence-electron chi connectivity index (χ3n) is 3.26. The lowest BCUT2D eigenvalue weighted by molar-refractivity contribution is -0.137. The van der Waals surface area contributed by atoms with Crippen molar-refractivity contribution < 1.29 is 19.8 Å². The number of rotatable bonds is 3. The predicted molar refractivity (Wildman–Crippen MR) is 59.6 cm³/mol. The van der Waals surface area contributed by atoms with Crippen LogP contribution >= 0.6 is 0 Å². The average molecular weight is 242 g/mol. The van der Waals surface area contributed by atoms with Gasteiger partial charge in [-0.1, -0.05) is 0 Å². The Balaban J connectivity index is 1.99. The minimum atomic E-state index is -0.990. The van der Waals surface area contributed by atoms with Crippen molar-refractivity contribution in [2.45, 2.75) is 37.8 Å². The molecule has 1 saturated heterocycles. The summed E-state index contributed by atoms with van der Waals surface area (Å²) in [7, 11) is 0. The van der Waals surface area contributed by atoms with Gasteiger partial charge in [0.2, 0.25) is 0 Å². The first-order valence-electron chi connectivity index (χ1n) is 5.89. The topological polar surface area (TPSA) is 81.1 Å². The molecule has 1 aliphatic carbocycles. The number of nitrogens with zero attached hydrogens (tertiary/aromatic N) is 2. The number of carboxylic acids is 1. The van der Waals surface area contributed by atoms with Gasteiger partial charge >= 0.3 is 12.0 Å². The molecule has 6 heteroatoms. The Morgan fingerprint density at radius 1 is 1.47 bits per heavy atom. The molecule has 0 aromatic rings. The molecule has 1 unspecified atom stereocenters. The number of likely N-dealkylation sites (tertiary alicyclic amines) is 1. The number of carbonyl (C=O) groups excluding carboxylic acids is 1. The molecule has 0 aromatic carbocycles. The van der Waals surface area contributed by atoms with Crippen molar-refractivity contribution in [3.05, 3.63) is 0 Å². The van der Waals surface area contributed by atoms with E-state index in [9.17, 15) is 14.7 Å². The fraction of sp³-hybridized carbons (Fsp3) is 0.818. The number of carbonyl (C=O) groups is 2. The third-order valence-corrected chi connectivity index (χ3v) is 3.26. The Labute approximate surface area is 99.8 Å². The van der Waals surface area contributed by atoms with Crippen molar-refractivity contribution in [3.63, 3.8) is 0 Å². The summed E-state index contributed by atoms with van der Waals surface area (Å²) >= 11 is 0. The number of β-amino-alcohol motifs (C(OH)–C–C–N with tert-alkyl or cyclic N) is 1. The minimum Gasteiger partial charge on any atom is -0.480 e. The van der Waals surface area contributed by atoms with Crippen LogP contribution in [0.15, 0.2) is 0 Å². The molecule has 1 aliphatic heterocycles. The van der Waals surface area contributed by atoms with Gasteiger partial charge in [0.1, 0.15) is 6.54 Å². The molecule has 1 saturated carbocycles. The molecule has 17 heavy (non-hydrogen) atoms. The molecule has 0 aromatic heterocycles. The highest BCUT2D eigenvalue weighted by Crippen LogP contribution is 2.29. The molecule has 2 amide bonds. The second-order valence-electron chi connectivity index (χ2n) is 5.20. The first kappa shape index (κ1) is 12.2. The van der Waals surface area contributed by atoms with E-state index in [1.165, 1.54) is 4.90 Å². The van der Waals surface area contributed by atoms with E-state index in [1.54, 1.807) is 11.8 Å². The lowest BCUT2D eigenvalue weighted by atomic mass is 10.1. The van der Waals surface area contributed by atoms with E-state index in [1.807, 2.05) is 0 Å². The number of urea groups is 1. The number of hydrogen-bond donors (Lipinski definition) is 2. The van der Waals surface area contributed by atoms with Crippen LogP contribution < -0.4 is 0 Å². The van der Waals surface area contributed by atoms with Crippen LogP contribution in [-0.4, -0.2) is 63.3 Å². The number of aliphatic hydroxyl groups is 1. The first-order valence-corrected chi connectivity index (χ1v) is 5.89. The Morgan fingerprint density at radius 3 is 2.53 bits per heavy atom. The quantitative estimate of drug-likeness (QED) is 0.736. The van der Waals surface area contributed by atoms with Crippen molar-refractivity contribution in [2.24, 2.45) is 0 Å². The van der Waals surface area contributed by atoms with Gasteiger partial charge in [-0.15, -0.1) is 0 Å². The van der Waals surface area contributed by atoms with E-state index in [2.05, 4.69) is 0 Å². The van der Waals surface area contributed by atoms with Gasteiger partial charge in [-0.05, 0) is 26.2 Å². The van der Waals surface area contributed by atoms with Gasteiger partial charge in [-0.2, -0.15) is 0 Å². The zero-order valence-corrected chi connectivity index (χ0v) is 9.93. The molecule has 2 aliphatic rings. The van der Waals surface area contributed by atoms with Crippen molar-refractivity contribution >= 4 is 12.0 Å². The number of carboxylic acid groups (broad SMARTS) is 1. The molecule has 6 nitrogen and oxygen atoms in total. The summed E-state index contributed by atoms with van der Waals surface area (Å²) in [6, 6.07) is -0.183. The molecule has 0 spiro atoms. The summed E-state index contributed by atoms with van der Waals surface area (Å²) in [5.41, 5.74) is -0.839. The zero-order valence-electron chi connectivity index (χ0n) is 9.93. The molecule has 0 bridgehead atoms. The predicted octanol–water partition coefficient (Wildman–Crippen LogP) is 0.112. The molecule has 2 fully saturated rings. The minimum absolute atomic E-state index is 0.0733. The molecule has 2 N–H and O–H groups in total. The summed E-state index contributed by atoms with van der Waals surface area (Å²) in [6.07, 6.45) is 2.30. The van der Waals surface area contributed by atoms with Gasteiger partial charge in [-0.25, -0.2) is 4.79 Å². The van der Waals surface area contributed by atoms with Crippen LogP contribution in [0.1, 0.15) is 26.2 Å². The van der Waals surface area contributed by atoms with Gasteiger partial charge in [-0.3, -0.25) is 4.79 Å². The maximum absolute atomic E-state index is 12.1. The normalized spacial score (nSPS) is 28.2. The number of aliphatic carboxylic acids is 1. The van der Waals surface area contributed by atoms with Gasteiger partial charge in [0, 0.05) is 12.6 Å². The number of hydrogen-bond acceptors (Lipinski definition) is 3. The summed E-state index contributed by atoms with van der Waals surface area (Å²) in [5, 5.41) is 18.6. The van der Waals surface area contributed by atoms with Crippen molar-refractivity contribution in [3.8, 4) is 0 Å². The summed E-state index contributed by atoms with van der Waals surface area (Å²) in [6.45, 7) is 2.23. The molecular formula is C11H18N2O4. The van der Waals surface area contributed by atoms with Crippen LogP contribution in [0, 0.1) is 0 Å². The SMILES string of the molecule is CC1(O)CCN(C(=O)N(CC(=O)O)C2CC2)C1. The average Bonchev–Trinajstić information content (AvgIpc) is 2.98. The second kappa shape index (κ2) is 4.18. The van der Waals surface area contributed by atoms with Crippen LogP contribution in [0.3, 0.4) is 0 Å². The van der Waals surface area contributed by atoms with Crippen LogP contribution in [0.2, 0.25) is 0 Å². The van der Waals surface area contributed by atoms with Gasteiger partial charge < -0.3 is 20.0 Å². The summed E-state index contributed by atoms with van der Waals surface area (Å²) in [5.74, 6) is -0.990. The van der Waals surface area contributed by atoms with E-state index >= 15 is 0 Å². The Bertz CT molecular complexity index is 338. The van der Waals surface area contributed by atoms with E-state index in [0.29, 0.717) is 13.0 Å². The maximum Gasteiger partial charge on any atom is 0.323 e. The van der Waals surface area contributed by atoms with Crippen molar-refractivity contribution in [2.75, 3.05) is 19.6 Å². The van der Waals surface area contributed by atoms with Gasteiger partial charge in [0.05, 0.1) is 12.1 Å². The van der Waals surface area contributed by atoms with Crippen LogP contribution in [0.5, 0.6) is 0 Å². The van der Waals surface area contributed by atoms with Gasteiger partial charge in [0.15, 0.2) is 0 Å². The summed E-state index contributed by atoms with van der Waals surface area (Å²) < 4.78 is 0.